The SMILES string of the molecule is COc1cc2c(cc1OC)CCN(C)C(C(=O)c1ccc(N)cc1)=C2. The Bertz CT molecular complexity index is 826. The summed E-state index contributed by atoms with van der Waals surface area (Å²) in [7, 11) is 5.16. The number of benzene rings is 2. The summed E-state index contributed by atoms with van der Waals surface area (Å²) in [4.78, 5) is 14.9. The van der Waals surface area contributed by atoms with Crippen LogP contribution in [0.5, 0.6) is 11.5 Å². The Morgan fingerprint density at radius 1 is 1.08 bits per heavy atom. The number of methoxy groups -OCH3 is 2. The number of nitrogens with zero attached hydrogens (tertiary/aromatic N) is 1. The van der Waals surface area contributed by atoms with Crippen molar-refractivity contribution in [3.8, 4) is 11.5 Å². The van der Waals surface area contributed by atoms with Crippen LogP contribution >= 0.6 is 0 Å². The Labute approximate surface area is 147 Å². The Balaban J connectivity index is 2.05. The zero-order valence-corrected chi connectivity index (χ0v) is 14.7. The lowest BCUT2D eigenvalue weighted by Crippen LogP contribution is -2.24. The molecule has 3 rings (SSSR count). The second kappa shape index (κ2) is 6.89. The maximum absolute atomic E-state index is 13.0. The number of likely N-dealkylation sites (N-methyl/N-ethyl adjacent to an activating group) is 1. The molecule has 25 heavy (non-hydrogen) atoms. The van der Waals surface area contributed by atoms with Gasteiger partial charge in [-0.25, -0.2) is 0 Å². The number of allylic oxidation sites excluding steroid dienone is 1. The van der Waals surface area contributed by atoms with Crippen LogP contribution in [0, 0.1) is 0 Å². The van der Waals surface area contributed by atoms with Crippen molar-refractivity contribution in [2.45, 2.75) is 6.42 Å². The highest BCUT2D eigenvalue weighted by Gasteiger charge is 2.21. The van der Waals surface area contributed by atoms with Gasteiger partial charge in [0, 0.05) is 24.8 Å². The molecule has 0 bridgehead atoms. The molecule has 1 aliphatic rings. The van der Waals surface area contributed by atoms with Crippen molar-refractivity contribution in [2.24, 2.45) is 0 Å². The number of hydrogen-bond donors (Lipinski definition) is 1. The summed E-state index contributed by atoms with van der Waals surface area (Å²) >= 11 is 0. The molecule has 0 radical (unpaired) electrons. The molecule has 0 aromatic heterocycles. The van der Waals surface area contributed by atoms with E-state index in [4.69, 9.17) is 15.2 Å². The number of carbonyl (C=O) groups excluding carboxylic acids is 1. The summed E-state index contributed by atoms with van der Waals surface area (Å²) in [6.45, 7) is 0.745. The largest absolute Gasteiger partial charge is 0.493 e. The molecule has 2 aromatic rings. The average molecular weight is 338 g/mol. The second-order valence-electron chi connectivity index (χ2n) is 6.06. The number of carbonyl (C=O) groups is 1. The van der Waals surface area contributed by atoms with E-state index in [-0.39, 0.29) is 5.78 Å². The third-order valence-electron chi connectivity index (χ3n) is 4.47. The quantitative estimate of drug-likeness (QED) is 0.686. The summed E-state index contributed by atoms with van der Waals surface area (Å²) in [5.41, 5.74) is 9.73. The summed E-state index contributed by atoms with van der Waals surface area (Å²) in [5.74, 6) is 1.33. The first-order valence-corrected chi connectivity index (χ1v) is 8.11. The average Bonchev–Trinajstić information content (AvgIpc) is 2.79. The van der Waals surface area contributed by atoms with E-state index in [9.17, 15) is 4.79 Å². The van der Waals surface area contributed by atoms with Crippen molar-refractivity contribution in [2.75, 3.05) is 33.5 Å². The lowest BCUT2D eigenvalue weighted by Gasteiger charge is -2.19. The molecule has 0 saturated carbocycles. The number of nitrogens with two attached hydrogens (primary N) is 1. The van der Waals surface area contributed by atoms with Crippen molar-refractivity contribution in [1.82, 2.24) is 4.90 Å². The Morgan fingerprint density at radius 3 is 2.36 bits per heavy atom. The molecule has 5 heteroatoms. The van der Waals surface area contributed by atoms with Gasteiger partial charge in [-0.1, -0.05) is 0 Å². The number of ketones is 1. The molecule has 2 N–H and O–H groups in total. The van der Waals surface area contributed by atoms with Gasteiger partial charge in [0.1, 0.15) is 0 Å². The third-order valence-corrected chi connectivity index (χ3v) is 4.47. The molecule has 2 aromatic carbocycles. The highest BCUT2D eigenvalue weighted by atomic mass is 16.5. The fourth-order valence-electron chi connectivity index (χ4n) is 2.98. The van der Waals surface area contributed by atoms with E-state index in [2.05, 4.69) is 0 Å². The van der Waals surface area contributed by atoms with Crippen LogP contribution in [-0.2, 0) is 6.42 Å². The lowest BCUT2D eigenvalue weighted by molar-refractivity contribution is 0.100. The van der Waals surface area contributed by atoms with Crippen molar-refractivity contribution in [1.29, 1.82) is 0 Å². The van der Waals surface area contributed by atoms with Gasteiger partial charge in [-0.3, -0.25) is 4.79 Å². The van der Waals surface area contributed by atoms with Gasteiger partial charge in [0.15, 0.2) is 11.5 Å². The zero-order chi connectivity index (χ0) is 18.0. The molecule has 130 valence electrons. The van der Waals surface area contributed by atoms with Crippen molar-refractivity contribution in [3.63, 3.8) is 0 Å². The predicted molar refractivity (Wildman–Crippen MR) is 99.0 cm³/mol. The molecule has 0 aliphatic carbocycles. The minimum absolute atomic E-state index is 0.0230. The Morgan fingerprint density at radius 2 is 1.72 bits per heavy atom. The molecule has 0 amide bonds. The van der Waals surface area contributed by atoms with Gasteiger partial charge in [-0.2, -0.15) is 0 Å². The summed E-state index contributed by atoms with van der Waals surface area (Å²) in [6.07, 6.45) is 2.74. The Hall–Kier alpha value is -2.95. The number of ether oxygens (including phenoxy) is 2. The van der Waals surface area contributed by atoms with E-state index < -0.39 is 0 Å². The molecule has 0 fully saturated rings. The van der Waals surface area contributed by atoms with Crippen LogP contribution in [0.4, 0.5) is 5.69 Å². The highest BCUT2D eigenvalue weighted by molar-refractivity contribution is 6.11. The first-order chi connectivity index (χ1) is 12.0. The van der Waals surface area contributed by atoms with Crippen molar-refractivity contribution < 1.29 is 14.3 Å². The lowest BCUT2D eigenvalue weighted by atomic mass is 10.0. The van der Waals surface area contributed by atoms with Gasteiger partial charge in [-0.05, 0) is 60.0 Å². The van der Waals surface area contributed by atoms with E-state index in [1.54, 1.807) is 38.5 Å². The Kier molecular flexibility index (Phi) is 4.65. The maximum atomic E-state index is 13.0. The maximum Gasteiger partial charge on any atom is 0.209 e. The molecular weight excluding hydrogens is 316 g/mol. The van der Waals surface area contributed by atoms with Gasteiger partial charge in [0.05, 0.1) is 19.9 Å². The number of fused-ring (bicyclic) bond motifs is 1. The number of Topliss-reactive ketones (excluding diaryl/α,β-unsaturated/α-hetero) is 1. The minimum atomic E-state index is -0.0230. The predicted octanol–water partition coefficient (Wildman–Crippen LogP) is 3.00. The van der Waals surface area contributed by atoms with E-state index in [0.717, 1.165) is 24.1 Å². The number of rotatable bonds is 4. The van der Waals surface area contributed by atoms with Crippen LogP contribution in [0.2, 0.25) is 0 Å². The normalized spacial score (nSPS) is 13.6. The summed E-state index contributed by atoms with van der Waals surface area (Å²) < 4.78 is 10.8. The molecule has 1 aliphatic heterocycles. The van der Waals surface area contributed by atoms with Gasteiger partial charge in [0.2, 0.25) is 5.78 Å². The van der Waals surface area contributed by atoms with Gasteiger partial charge in [0.25, 0.3) is 0 Å². The molecule has 0 spiro atoms. The monoisotopic (exact) mass is 338 g/mol. The fourth-order valence-corrected chi connectivity index (χ4v) is 2.98. The van der Waals surface area contributed by atoms with Crippen LogP contribution in [0.1, 0.15) is 21.5 Å². The fraction of sp³-hybridized carbons (Fsp3) is 0.250. The van der Waals surface area contributed by atoms with Crippen LogP contribution in [-0.4, -0.2) is 38.5 Å². The van der Waals surface area contributed by atoms with E-state index in [0.29, 0.717) is 28.4 Å². The summed E-state index contributed by atoms with van der Waals surface area (Å²) in [6, 6.07) is 10.9. The molecule has 0 atom stereocenters. The van der Waals surface area contributed by atoms with Gasteiger partial charge >= 0.3 is 0 Å². The third kappa shape index (κ3) is 3.31. The second-order valence-corrected chi connectivity index (χ2v) is 6.06. The molecule has 0 saturated heterocycles. The topological polar surface area (TPSA) is 64.8 Å². The van der Waals surface area contributed by atoms with Crippen molar-refractivity contribution >= 4 is 17.5 Å². The van der Waals surface area contributed by atoms with E-state index in [1.165, 1.54) is 0 Å². The molecule has 0 unspecified atom stereocenters. The number of hydrogen-bond acceptors (Lipinski definition) is 5. The number of anilines is 1. The van der Waals surface area contributed by atoms with Crippen LogP contribution in [0.15, 0.2) is 42.1 Å². The van der Waals surface area contributed by atoms with Gasteiger partial charge in [-0.15, -0.1) is 0 Å². The van der Waals surface area contributed by atoms with E-state index >= 15 is 0 Å². The standard InChI is InChI=1S/C20H22N2O3/c1-22-9-8-14-11-18(24-2)19(25-3)12-15(14)10-17(22)20(23)13-4-6-16(21)7-5-13/h4-7,10-12H,8-9,21H2,1-3H3. The van der Waals surface area contributed by atoms with Crippen LogP contribution in [0.25, 0.3) is 6.08 Å². The zero-order valence-electron chi connectivity index (χ0n) is 14.7. The smallest absolute Gasteiger partial charge is 0.209 e. The molecule has 5 nitrogen and oxygen atoms in total. The first kappa shape index (κ1) is 16.9. The van der Waals surface area contributed by atoms with Crippen LogP contribution < -0.4 is 15.2 Å². The first-order valence-electron chi connectivity index (χ1n) is 8.11. The summed E-state index contributed by atoms with van der Waals surface area (Å²) in [5, 5.41) is 0. The van der Waals surface area contributed by atoms with Crippen LogP contribution in [0.3, 0.4) is 0 Å². The van der Waals surface area contributed by atoms with Gasteiger partial charge < -0.3 is 20.1 Å². The number of nitrogen functional groups attached to an aromatic ring is 1. The minimum Gasteiger partial charge on any atom is -0.493 e. The molecular formula is C20H22N2O3. The van der Waals surface area contributed by atoms with E-state index in [1.807, 2.05) is 30.2 Å². The molecule has 1 heterocycles. The van der Waals surface area contributed by atoms with Crippen molar-refractivity contribution in [3.05, 3.63) is 58.8 Å². The highest BCUT2D eigenvalue weighted by Crippen LogP contribution is 2.33.